The van der Waals surface area contributed by atoms with Crippen molar-refractivity contribution >= 4 is 11.8 Å². The summed E-state index contributed by atoms with van der Waals surface area (Å²) in [5, 5.41) is 6.69. The Morgan fingerprint density at radius 3 is 2.63 bits per heavy atom. The summed E-state index contributed by atoms with van der Waals surface area (Å²) in [6, 6.07) is 8.36. The van der Waals surface area contributed by atoms with Crippen molar-refractivity contribution in [1.82, 2.24) is 20.2 Å². The molecule has 0 amide bonds. The van der Waals surface area contributed by atoms with E-state index < -0.39 is 0 Å². The fourth-order valence-electron chi connectivity index (χ4n) is 3.27. The Morgan fingerprint density at radius 1 is 1.19 bits per heavy atom. The molecule has 1 fully saturated rings. The van der Waals surface area contributed by atoms with Gasteiger partial charge in [0.15, 0.2) is 5.96 Å². The lowest BCUT2D eigenvalue weighted by Crippen LogP contribution is -2.38. The summed E-state index contributed by atoms with van der Waals surface area (Å²) in [5.74, 6) is 2.77. The quantitative estimate of drug-likeness (QED) is 0.583. The maximum atomic E-state index is 4.69. The smallest absolute Gasteiger partial charge is 0.191 e. The highest BCUT2D eigenvalue weighted by Crippen LogP contribution is 2.21. The molecule has 0 bridgehead atoms. The Labute approximate surface area is 162 Å². The monoisotopic (exact) mass is 368 g/mol. The third-order valence-corrected chi connectivity index (χ3v) is 5.01. The molecular weight excluding hydrogens is 336 g/mol. The molecule has 2 aromatic heterocycles. The number of piperidine rings is 1. The van der Waals surface area contributed by atoms with Crippen LogP contribution in [0.25, 0.3) is 0 Å². The summed E-state index contributed by atoms with van der Waals surface area (Å²) >= 11 is 0. The lowest BCUT2D eigenvalue weighted by Gasteiger charge is -2.31. The van der Waals surface area contributed by atoms with Crippen molar-refractivity contribution in [3.8, 4) is 0 Å². The Hall–Kier alpha value is -2.50. The zero-order valence-electron chi connectivity index (χ0n) is 16.6. The number of rotatable bonds is 7. The molecule has 3 heterocycles. The summed E-state index contributed by atoms with van der Waals surface area (Å²) in [5.41, 5.74) is 1.13. The highest BCUT2D eigenvalue weighted by atomic mass is 15.2. The van der Waals surface area contributed by atoms with Gasteiger partial charge in [-0.3, -0.25) is 0 Å². The van der Waals surface area contributed by atoms with Gasteiger partial charge in [-0.15, -0.1) is 0 Å². The van der Waals surface area contributed by atoms with Crippen LogP contribution in [0.5, 0.6) is 0 Å². The van der Waals surface area contributed by atoms with Crippen molar-refractivity contribution in [3.63, 3.8) is 0 Å². The molecular formula is C21H32N6. The molecule has 1 aliphatic heterocycles. The van der Waals surface area contributed by atoms with Crippen LogP contribution in [0.4, 0.5) is 5.82 Å². The van der Waals surface area contributed by atoms with Crippen molar-refractivity contribution in [2.75, 3.05) is 31.1 Å². The molecule has 1 aliphatic rings. The van der Waals surface area contributed by atoms with Gasteiger partial charge in [-0.2, -0.15) is 0 Å². The van der Waals surface area contributed by atoms with Crippen LogP contribution in [0.2, 0.25) is 0 Å². The van der Waals surface area contributed by atoms with Gasteiger partial charge in [0, 0.05) is 51.3 Å². The van der Waals surface area contributed by atoms with Crippen LogP contribution in [-0.2, 0) is 13.1 Å². The van der Waals surface area contributed by atoms with E-state index in [1.165, 1.54) is 12.8 Å². The van der Waals surface area contributed by atoms with E-state index in [1.54, 1.807) is 0 Å². The first-order valence-electron chi connectivity index (χ1n) is 10.1. The highest BCUT2D eigenvalue weighted by molar-refractivity contribution is 5.79. The van der Waals surface area contributed by atoms with Crippen LogP contribution in [-0.4, -0.2) is 41.7 Å². The lowest BCUT2D eigenvalue weighted by molar-refractivity contribution is 0.436. The molecule has 146 valence electrons. The van der Waals surface area contributed by atoms with Gasteiger partial charge < -0.3 is 20.1 Å². The van der Waals surface area contributed by atoms with Crippen LogP contribution < -0.4 is 15.5 Å². The van der Waals surface area contributed by atoms with Crippen LogP contribution in [0.3, 0.4) is 0 Å². The predicted octanol–water partition coefficient (Wildman–Crippen LogP) is 2.87. The molecule has 6 nitrogen and oxygen atoms in total. The van der Waals surface area contributed by atoms with Crippen LogP contribution in [0, 0.1) is 5.92 Å². The highest BCUT2D eigenvalue weighted by Gasteiger charge is 2.16. The number of aliphatic imine (C=N–C) groups is 1. The van der Waals surface area contributed by atoms with Crippen molar-refractivity contribution < 1.29 is 0 Å². The van der Waals surface area contributed by atoms with E-state index in [-0.39, 0.29) is 0 Å². The second kappa shape index (κ2) is 10.00. The largest absolute Gasteiger partial charge is 0.357 e. The number of hydrogen-bond donors (Lipinski definition) is 2. The number of hydrogen-bond acceptors (Lipinski definition) is 3. The van der Waals surface area contributed by atoms with Gasteiger partial charge in [0.2, 0.25) is 0 Å². The van der Waals surface area contributed by atoms with Gasteiger partial charge in [0.1, 0.15) is 5.82 Å². The van der Waals surface area contributed by atoms with Crippen LogP contribution in [0.15, 0.2) is 47.8 Å². The van der Waals surface area contributed by atoms with Gasteiger partial charge in [-0.25, -0.2) is 9.98 Å². The van der Waals surface area contributed by atoms with Crippen molar-refractivity contribution in [3.05, 3.63) is 48.4 Å². The molecule has 0 unspecified atom stereocenters. The van der Waals surface area contributed by atoms with Gasteiger partial charge in [0.25, 0.3) is 0 Å². The normalized spacial score (nSPS) is 15.8. The SMILES string of the molecule is CCNC(=NCc1ccc(N2CCC(C)CC2)nc1)NCCn1cccc1. The van der Waals surface area contributed by atoms with E-state index in [4.69, 9.17) is 0 Å². The number of nitrogens with one attached hydrogen (secondary N) is 2. The van der Waals surface area contributed by atoms with Crippen molar-refractivity contribution in [2.24, 2.45) is 10.9 Å². The molecule has 2 aromatic rings. The number of guanidine groups is 1. The Bertz CT molecular complexity index is 684. The molecule has 27 heavy (non-hydrogen) atoms. The summed E-state index contributed by atoms with van der Waals surface area (Å²) in [6.07, 6.45) is 8.62. The molecule has 1 saturated heterocycles. The number of aromatic nitrogens is 2. The van der Waals surface area contributed by atoms with E-state index >= 15 is 0 Å². The molecule has 0 radical (unpaired) electrons. The molecule has 2 N–H and O–H groups in total. The topological polar surface area (TPSA) is 57.5 Å². The Balaban J connectivity index is 1.50. The third-order valence-electron chi connectivity index (χ3n) is 5.01. The van der Waals surface area contributed by atoms with Crippen LogP contribution in [0.1, 0.15) is 32.3 Å². The molecule has 0 aromatic carbocycles. The van der Waals surface area contributed by atoms with Crippen molar-refractivity contribution in [2.45, 2.75) is 39.8 Å². The summed E-state index contributed by atoms with van der Waals surface area (Å²) in [6.45, 7) is 9.87. The molecule has 0 saturated carbocycles. The summed E-state index contributed by atoms with van der Waals surface area (Å²) in [7, 11) is 0. The van der Waals surface area contributed by atoms with E-state index in [2.05, 4.69) is 68.5 Å². The fourth-order valence-corrected chi connectivity index (χ4v) is 3.27. The van der Waals surface area contributed by atoms with Gasteiger partial charge in [-0.1, -0.05) is 13.0 Å². The first-order chi connectivity index (χ1) is 13.2. The average Bonchev–Trinajstić information content (AvgIpc) is 3.21. The second-order valence-corrected chi connectivity index (χ2v) is 7.24. The minimum absolute atomic E-state index is 0.628. The van der Waals surface area contributed by atoms with Crippen LogP contribution >= 0.6 is 0 Å². The predicted molar refractivity (Wildman–Crippen MR) is 112 cm³/mol. The Kier molecular flexibility index (Phi) is 7.13. The lowest BCUT2D eigenvalue weighted by atomic mass is 9.99. The Morgan fingerprint density at radius 2 is 1.96 bits per heavy atom. The zero-order valence-corrected chi connectivity index (χ0v) is 16.6. The molecule has 0 spiro atoms. The standard InChI is InChI=1S/C21H32N6/c1-3-22-21(23-10-15-26-11-4-5-12-26)25-17-19-6-7-20(24-16-19)27-13-8-18(2)9-14-27/h4-7,11-12,16,18H,3,8-10,13-15,17H2,1-2H3,(H2,22,23,25). The minimum atomic E-state index is 0.628. The molecule has 0 atom stereocenters. The average molecular weight is 369 g/mol. The first-order valence-corrected chi connectivity index (χ1v) is 10.1. The summed E-state index contributed by atoms with van der Waals surface area (Å²) < 4.78 is 2.15. The minimum Gasteiger partial charge on any atom is -0.357 e. The first kappa shape index (κ1) is 19.3. The molecule has 3 rings (SSSR count). The van der Waals surface area contributed by atoms with Crippen molar-refractivity contribution in [1.29, 1.82) is 0 Å². The number of pyridine rings is 1. The number of anilines is 1. The zero-order chi connectivity index (χ0) is 18.9. The van der Waals surface area contributed by atoms with E-state index in [0.717, 1.165) is 56.0 Å². The van der Waals surface area contributed by atoms with E-state index in [0.29, 0.717) is 6.54 Å². The van der Waals surface area contributed by atoms with Gasteiger partial charge >= 0.3 is 0 Å². The molecule has 0 aliphatic carbocycles. The van der Waals surface area contributed by atoms with Gasteiger partial charge in [0.05, 0.1) is 6.54 Å². The maximum Gasteiger partial charge on any atom is 0.191 e. The second-order valence-electron chi connectivity index (χ2n) is 7.24. The molecule has 6 heteroatoms. The van der Waals surface area contributed by atoms with E-state index in [9.17, 15) is 0 Å². The van der Waals surface area contributed by atoms with E-state index in [1.807, 2.05) is 18.3 Å². The summed E-state index contributed by atoms with van der Waals surface area (Å²) in [4.78, 5) is 11.7. The van der Waals surface area contributed by atoms with Gasteiger partial charge in [-0.05, 0) is 49.4 Å². The maximum absolute atomic E-state index is 4.69. The third kappa shape index (κ3) is 6.01. The fraction of sp³-hybridized carbons (Fsp3) is 0.524. The number of nitrogens with zero attached hydrogens (tertiary/aromatic N) is 4.